The Kier molecular flexibility index (Phi) is 5.60. The minimum atomic E-state index is 0.251. The lowest BCUT2D eigenvalue weighted by atomic mass is 9.90. The second-order valence-corrected chi connectivity index (χ2v) is 8.55. The van der Waals surface area contributed by atoms with Crippen LogP contribution in [0.3, 0.4) is 0 Å². The molecule has 2 saturated heterocycles. The van der Waals surface area contributed by atoms with Crippen LogP contribution in [0.25, 0.3) is 0 Å². The van der Waals surface area contributed by atoms with Gasteiger partial charge in [-0.25, -0.2) is 0 Å². The Morgan fingerprint density at radius 2 is 1.77 bits per heavy atom. The molecular formula is C22H33N3O. The average Bonchev–Trinajstić information content (AvgIpc) is 2.69. The molecule has 0 bridgehead atoms. The molecule has 0 spiro atoms. The van der Waals surface area contributed by atoms with Crippen LogP contribution in [0.1, 0.15) is 47.2 Å². The number of likely N-dealkylation sites (tertiary alicyclic amines) is 1. The Bertz CT molecular complexity index is 636. The van der Waals surface area contributed by atoms with Crippen LogP contribution in [0.15, 0.2) is 18.2 Å². The number of amides is 1. The molecule has 1 amide bonds. The number of piperazine rings is 1. The average molecular weight is 356 g/mol. The standard InChI is InChI=1S/C22H33N3O/c1-23-11-13-24(14-12-23)16-18-5-4-10-25(17-18)22(26)21-9-8-19-6-2-3-7-20(19)15-21/h8-9,15,18H,2-7,10-14,16-17H2,1H3. The summed E-state index contributed by atoms with van der Waals surface area (Å²) in [6, 6.07) is 6.45. The zero-order valence-corrected chi connectivity index (χ0v) is 16.3. The highest BCUT2D eigenvalue weighted by Crippen LogP contribution is 2.25. The molecule has 4 nitrogen and oxygen atoms in total. The van der Waals surface area contributed by atoms with Gasteiger partial charge >= 0.3 is 0 Å². The molecule has 4 rings (SSSR count). The van der Waals surface area contributed by atoms with E-state index in [0.29, 0.717) is 5.92 Å². The first-order chi connectivity index (χ1) is 12.7. The number of nitrogens with zero attached hydrogens (tertiary/aromatic N) is 3. The van der Waals surface area contributed by atoms with Crippen LogP contribution in [-0.2, 0) is 12.8 Å². The number of hydrogen-bond acceptors (Lipinski definition) is 3. The van der Waals surface area contributed by atoms with Crippen molar-refractivity contribution in [2.75, 3.05) is 52.9 Å². The van der Waals surface area contributed by atoms with Crippen molar-refractivity contribution >= 4 is 5.91 Å². The van der Waals surface area contributed by atoms with Crippen molar-refractivity contribution in [1.29, 1.82) is 0 Å². The van der Waals surface area contributed by atoms with Gasteiger partial charge in [-0.1, -0.05) is 6.07 Å². The highest BCUT2D eigenvalue weighted by Gasteiger charge is 2.27. The summed E-state index contributed by atoms with van der Waals surface area (Å²) in [5.74, 6) is 0.884. The van der Waals surface area contributed by atoms with E-state index < -0.39 is 0 Å². The molecule has 0 saturated carbocycles. The highest BCUT2D eigenvalue weighted by atomic mass is 16.2. The molecule has 26 heavy (non-hydrogen) atoms. The second kappa shape index (κ2) is 8.10. The first kappa shape index (κ1) is 18.0. The van der Waals surface area contributed by atoms with Crippen molar-refractivity contribution in [3.63, 3.8) is 0 Å². The molecule has 1 atom stereocenters. The maximum atomic E-state index is 13.1. The third kappa shape index (κ3) is 4.12. The predicted octanol–water partition coefficient (Wildman–Crippen LogP) is 2.67. The fourth-order valence-corrected chi connectivity index (χ4v) is 4.84. The van der Waals surface area contributed by atoms with E-state index in [1.54, 1.807) is 0 Å². The summed E-state index contributed by atoms with van der Waals surface area (Å²) < 4.78 is 0. The topological polar surface area (TPSA) is 26.8 Å². The monoisotopic (exact) mass is 355 g/mol. The normalized spacial score (nSPS) is 25.1. The predicted molar refractivity (Wildman–Crippen MR) is 106 cm³/mol. The molecule has 2 heterocycles. The van der Waals surface area contributed by atoms with Gasteiger partial charge in [0, 0.05) is 51.4 Å². The van der Waals surface area contributed by atoms with Gasteiger partial charge in [0.1, 0.15) is 0 Å². The van der Waals surface area contributed by atoms with Crippen LogP contribution in [0.2, 0.25) is 0 Å². The molecule has 1 aromatic carbocycles. The largest absolute Gasteiger partial charge is 0.338 e. The number of carbonyl (C=O) groups is 1. The molecule has 1 unspecified atom stereocenters. The molecule has 0 aromatic heterocycles. The lowest BCUT2D eigenvalue weighted by molar-refractivity contribution is 0.0609. The van der Waals surface area contributed by atoms with Gasteiger partial charge in [-0.15, -0.1) is 0 Å². The van der Waals surface area contributed by atoms with Crippen LogP contribution < -0.4 is 0 Å². The molecule has 0 N–H and O–H groups in total. The zero-order valence-electron chi connectivity index (χ0n) is 16.3. The van der Waals surface area contributed by atoms with Gasteiger partial charge in [-0.2, -0.15) is 0 Å². The summed E-state index contributed by atoms with van der Waals surface area (Å²) in [5, 5.41) is 0. The molecule has 142 valence electrons. The summed E-state index contributed by atoms with van der Waals surface area (Å²) in [5.41, 5.74) is 3.78. The molecule has 2 aliphatic heterocycles. The summed E-state index contributed by atoms with van der Waals surface area (Å²) >= 11 is 0. The van der Waals surface area contributed by atoms with E-state index in [1.165, 1.54) is 63.0 Å². The van der Waals surface area contributed by atoms with Crippen LogP contribution in [-0.4, -0.2) is 73.5 Å². The van der Waals surface area contributed by atoms with Crippen molar-refractivity contribution < 1.29 is 4.79 Å². The smallest absolute Gasteiger partial charge is 0.253 e. The number of likely N-dealkylation sites (N-methyl/N-ethyl adjacent to an activating group) is 1. The first-order valence-corrected chi connectivity index (χ1v) is 10.5. The van der Waals surface area contributed by atoms with Gasteiger partial charge in [0.15, 0.2) is 0 Å². The molecule has 0 radical (unpaired) electrons. The molecule has 4 heteroatoms. The van der Waals surface area contributed by atoms with E-state index in [-0.39, 0.29) is 5.91 Å². The summed E-state index contributed by atoms with van der Waals surface area (Å²) in [7, 11) is 2.21. The van der Waals surface area contributed by atoms with Gasteiger partial charge in [0.25, 0.3) is 5.91 Å². The van der Waals surface area contributed by atoms with E-state index >= 15 is 0 Å². The van der Waals surface area contributed by atoms with Gasteiger partial charge < -0.3 is 14.7 Å². The maximum absolute atomic E-state index is 13.1. The van der Waals surface area contributed by atoms with E-state index in [4.69, 9.17) is 0 Å². The Labute approximate surface area is 158 Å². The maximum Gasteiger partial charge on any atom is 0.253 e. The van der Waals surface area contributed by atoms with E-state index in [0.717, 1.165) is 38.0 Å². The highest BCUT2D eigenvalue weighted by molar-refractivity contribution is 5.94. The van der Waals surface area contributed by atoms with Gasteiger partial charge in [0.05, 0.1) is 0 Å². The zero-order chi connectivity index (χ0) is 17.9. The van der Waals surface area contributed by atoms with Gasteiger partial charge in [0.2, 0.25) is 0 Å². The molecule has 1 aliphatic carbocycles. The van der Waals surface area contributed by atoms with E-state index in [2.05, 4.69) is 39.9 Å². The number of carbonyl (C=O) groups excluding carboxylic acids is 1. The van der Waals surface area contributed by atoms with Crippen molar-refractivity contribution in [3.05, 3.63) is 34.9 Å². The third-order valence-electron chi connectivity index (χ3n) is 6.51. The Morgan fingerprint density at radius 1 is 1.00 bits per heavy atom. The Hall–Kier alpha value is -1.39. The van der Waals surface area contributed by atoms with E-state index in [9.17, 15) is 4.79 Å². The summed E-state index contributed by atoms with van der Waals surface area (Å²) in [4.78, 5) is 20.2. The van der Waals surface area contributed by atoms with Crippen LogP contribution in [0, 0.1) is 5.92 Å². The van der Waals surface area contributed by atoms with Crippen LogP contribution in [0.5, 0.6) is 0 Å². The first-order valence-electron chi connectivity index (χ1n) is 10.5. The summed E-state index contributed by atoms with van der Waals surface area (Å²) in [6.45, 7) is 7.70. The second-order valence-electron chi connectivity index (χ2n) is 8.55. The molecule has 1 aromatic rings. The molecule has 3 aliphatic rings. The SMILES string of the molecule is CN1CCN(CC2CCCN(C(=O)c3ccc4c(c3)CCCC4)C2)CC1. The molecular weight excluding hydrogens is 322 g/mol. The van der Waals surface area contributed by atoms with E-state index in [1.807, 2.05) is 0 Å². The quantitative estimate of drug-likeness (QED) is 0.834. The number of piperidine rings is 1. The lowest BCUT2D eigenvalue weighted by Crippen LogP contribution is -2.49. The minimum Gasteiger partial charge on any atom is -0.338 e. The van der Waals surface area contributed by atoms with Gasteiger partial charge in [-0.05, 0) is 74.8 Å². The number of rotatable bonds is 3. The van der Waals surface area contributed by atoms with Gasteiger partial charge in [-0.3, -0.25) is 4.79 Å². The fraction of sp³-hybridized carbons (Fsp3) is 0.682. The van der Waals surface area contributed by atoms with Crippen LogP contribution in [0.4, 0.5) is 0 Å². The third-order valence-corrected chi connectivity index (χ3v) is 6.51. The van der Waals surface area contributed by atoms with Crippen molar-refractivity contribution in [2.45, 2.75) is 38.5 Å². The summed E-state index contributed by atoms with van der Waals surface area (Å²) in [6.07, 6.45) is 7.29. The Morgan fingerprint density at radius 3 is 2.58 bits per heavy atom. The Balaban J connectivity index is 1.37. The van der Waals surface area contributed by atoms with Crippen molar-refractivity contribution in [3.8, 4) is 0 Å². The molecule has 2 fully saturated rings. The number of aryl methyl sites for hydroxylation is 2. The number of hydrogen-bond donors (Lipinski definition) is 0. The number of fused-ring (bicyclic) bond motifs is 1. The van der Waals surface area contributed by atoms with Crippen molar-refractivity contribution in [1.82, 2.24) is 14.7 Å². The van der Waals surface area contributed by atoms with Crippen LogP contribution >= 0.6 is 0 Å². The fourth-order valence-electron chi connectivity index (χ4n) is 4.84. The lowest BCUT2D eigenvalue weighted by Gasteiger charge is -2.38. The van der Waals surface area contributed by atoms with Crippen molar-refractivity contribution in [2.24, 2.45) is 5.92 Å². The number of benzene rings is 1. The minimum absolute atomic E-state index is 0.251.